The number of likely N-dealkylation sites (N-methyl/N-ethyl adjacent to an activating group) is 1. The molecule has 1 amide bonds. The fourth-order valence-electron chi connectivity index (χ4n) is 2.96. The highest BCUT2D eigenvalue weighted by Gasteiger charge is 2.21. The number of aromatic nitrogens is 1. The van der Waals surface area contributed by atoms with Crippen LogP contribution in [0.25, 0.3) is 10.6 Å². The van der Waals surface area contributed by atoms with Crippen LogP contribution in [0.1, 0.15) is 27.9 Å². The number of hydrogen-bond donors (Lipinski definition) is 0. The molecule has 164 valence electrons. The highest BCUT2D eigenvalue weighted by Crippen LogP contribution is 2.30. The number of ether oxygens (including phenoxy) is 3. The summed E-state index contributed by atoms with van der Waals surface area (Å²) in [5.41, 5.74) is 2.46. The van der Waals surface area contributed by atoms with Crippen LogP contribution >= 0.6 is 22.7 Å². The van der Waals surface area contributed by atoms with Gasteiger partial charge in [0.15, 0.2) is 18.1 Å². The van der Waals surface area contributed by atoms with Gasteiger partial charge in [0.1, 0.15) is 9.88 Å². The summed E-state index contributed by atoms with van der Waals surface area (Å²) in [4.78, 5) is 31.7. The first kappa shape index (κ1) is 22.8. The maximum Gasteiger partial charge on any atom is 0.350 e. The van der Waals surface area contributed by atoms with Crippen LogP contribution < -0.4 is 9.47 Å². The van der Waals surface area contributed by atoms with Crippen molar-refractivity contribution in [2.45, 2.75) is 20.4 Å². The zero-order chi connectivity index (χ0) is 22.4. The molecular formula is C22H24N2O5S2. The number of carbonyl (C=O) groups is 2. The molecule has 3 rings (SSSR count). The number of esters is 1. The number of thiazole rings is 1. The van der Waals surface area contributed by atoms with Gasteiger partial charge in [0.05, 0.1) is 19.9 Å². The van der Waals surface area contributed by atoms with E-state index < -0.39 is 5.97 Å². The number of methoxy groups -OCH3 is 2. The number of hydrogen-bond acceptors (Lipinski definition) is 8. The van der Waals surface area contributed by atoms with Gasteiger partial charge in [-0.25, -0.2) is 9.78 Å². The van der Waals surface area contributed by atoms with Gasteiger partial charge in [0.2, 0.25) is 0 Å². The summed E-state index contributed by atoms with van der Waals surface area (Å²) in [5, 5.41) is 4.70. The number of aryl methyl sites for hydroxylation is 1. The molecule has 3 aromatic rings. The normalized spacial score (nSPS) is 10.6. The first-order valence-corrected chi connectivity index (χ1v) is 11.4. The van der Waals surface area contributed by atoms with E-state index in [0.717, 1.165) is 16.1 Å². The second-order valence-electron chi connectivity index (χ2n) is 6.62. The van der Waals surface area contributed by atoms with Crippen LogP contribution in [-0.2, 0) is 16.1 Å². The largest absolute Gasteiger partial charge is 0.493 e. The van der Waals surface area contributed by atoms with E-state index in [1.807, 2.05) is 35.9 Å². The number of benzene rings is 1. The minimum Gasteiger partial charge on any atom is -0.493 e. The minimum absolute atomic E-state index is 0.272. The molecule has 0 N–H and O–H groups in total. The Hall–Kier alpha value is -2.91. The van der Waals surface area contributed by atoms with Crippen molar-refractivity contribution in [3.63, 3.8) is 0 Å². The third-order valence-electron chi connectivity index (χ3n) is 4.63. The monoisotopic (exact) mass is 460 g/mol. The summed E-state index contributed by atoms with van der Waals surface area (Å²) in [6.45, 7) is 4.16. The lowest BCUT2D eigenvalue weighted by molar-refractivity contribution is -0.134. The van der Waals surface area contributed by atoms with E-state index in [1.165, 1.54) is 11.3 Å². The highest BCUT2D eigenvalue weighted by atomic mass is 32.1. The molecule has 2 aromatic heterocycles. The molecule has 0 aliphatic heterocycles. The van der Waals surface area contributed by atoms with Gasteiger partial charge in [-0.15, -0.1) is 11.3 Å². The van der Waals surface area contributed by atoms with Crippen molar-refractivity contribution in [2.24, 2.45) is 0 Å². The van der Waals surface area contributed by atoms with Crippen molar-refractivity contribution < 1.29 is 23.8 Å². The van der Waals surface area contributed by atoms with E-state index >= 15 is 0 Å². The van der Waals surface area contributed by atoms with Crippen molar-refractivity contribution in [3.8, 4) is 22.1 Å². The van der Waals surface area contributed by atoms with Gasteiger partial charge < -0.3 is 19.1 Å². The maximum atomic E-state index is 12.7. The third-order valence-corrected chi connectivity index (χ3v) is 6.50. The van der Waals surface area contributed by atoms with Gasteiger partial charge >= 0.3 is 5.97 Å². The molecule has 0 atom stereocenters. The van der Waals surface area contributed by atoms with Crippen molar-refractivity contribution in [3.05, 3.63) is 51.2 Å². The van der Waals surface area contributed by atoms with Crippen LogP contribution in [0.4, 0.5) is 0 Å². The molecule has 2 heterocycles. The molecule has 1 aromatic carbocycles. The fraction of sp³-hybridized carbons (Fsp3) is 0.318. The smallest absolute Gasteiger partial charge is 0.350 e. The second-order valence-corrected chi connectivity index (χ2v) is 8.40. The van der Waals surface area contributed by atoms with Crippen LogP contribution in [0, 0.1) is 6.92 Å². The molecule has 0 aliphatic rings. The molecular weight excluding hydrogens is 436 g/mol. The Labute approximate surface area is 189 Å². The zero-order valence-corrected chi connectivity index (χ0v) is 19.5. The highest BCUT2D eigenvalue weighted by molar-refractivity contribution is 7.17. The first-order valence-electron chi connectivity index (χ1n) is 9.62. The number of nitrogens with zero attached hydrogens (tertiary/aromatic N) is 2. The molecule has 0 saturated heterocycles. The lowest BCUT2D eigenvalue weighted by Crippen LogP contribution is -2.34. The standard InChI is InChI=1S/C22H24N2O5S2/c1-5-24(11-15-6-7-17(27-3)18(10-15)28-4)19(25)12-29-22(26)20-14(2)23-21(31-20)16-8-9-30-13-16/h6-10,13H,5,11-12H2,1-4H3. The molecule has 0 aliphatic carbocycles. The van der Waals surface area contributed by atoms with Gasteiger partial charge in [-0.3, -0.25) is 4.79 Å². The van der Waals surface area contributed by atoms with Gasteiger partial charge in [0.25, 0.3) is 5.91 Å². The first-order chi connectivity index (χ1) is 15.0. The Bertz CT molecular complexity index is 1050. The molecule has 0 saturated carbocycles. The van der Waals surface area contributed by atoms with E-state index in [9.17, 15) is 9.59 Å². The summed E-state index contributed by atoms with van der Waals surface area (Å²) in [7, 11) is 3.14. The Morgan fingerprint density at radius 1 is 1.13 bits per heavy atom. The predicted molar refractivity (Wildman–Crippen MR) is 121 cm³/mol. The summed E-state index contributed by atoms with van der Waals surface area (Å²) >= 11 is 2.84. The van der Waals surface area contributed by atoms with Crippen LogP contribution in [0.15, 0.2) is 35.0 Å². The molecule has 31 heavy (non-hydrogen) atoms. The second kappa shape index (κ2) is 10.4. The SMILES string of the molecule is CCN(Cc1ccc(OC)c(OC)c1)C(=O)COC(=O)c1sc(-c2ccsc2)nc1C. The predicted octanol–water partition coefficient (Wildman–Crippen LogP) is 4.40. The summed E-state index contributed by atoms with van der Waals surface area (Å²) < 4.78 is 15.9. The fourth-order valence-corrected chi connectivity index (χ4v) is 4.63. The van der Waals surface area contributed by atoms with Gasteiger partial charge in [-0.05, 0) is 43.0 Å². The van der Waals surface area contributed by atoms with Crippen molar-refractivity contribution in [1.82, 2.24) is 9.88 Å². The maximum absolute atomic E-state index is 12.7. The van der Waals surface area contributed by atoms with Crippen LogP contribution in [0.5, 0.6) is 11.5 Å². The molecule has 7 nitrogen and oxygen atoms in total. The molecule has 0 bridgehead atoms. The van der Waals surface area contributed by atoms with E-state index in [-0.39, 0.29) is 12.5 Å². The Morgan fingerprint density at radius 3 is 2.55 bits per heavy atom. The topological polar surface area (TPSA) is 78.0 Å². The van der Waals surface area contributed by atoms with Crippen LogP contribution in [-0.4, -0.2) is 49.1 Å². The quantitative estimate of drug-likeness (QED) is 0.441. The number of carbonyl (C=O) groups excluding carboxylic acids is 2. The lowest BCUT2D eigenvalue weighted by atomic mass is 10.2. The molecule has 0 spiro atoms. The number of amides is 1. The Kier molecular flexibility index (Phi) is 7.64. The molecule has 9 heteroatoms. The van der Waals surface area contributed by atoms with Crippen molar-refractivity contribution in [1.29, 1.82) is 0 Å². The van der Waals surface area contributed by atoms with Crippen molar-refractivity contribution >= 4 is 34.6 Å². The van der Waals surface area contributed by atoms with Crippen molar-refractivity contribution in [2.75, 3.05) is 27.4 Å². The Balaban J connectivity index is 1.62. The van der Waals surface area contributed by atoms with Gasteiger partial charge in [-0.1, -0.05) is 6.07 Å². The average molecular weight is 461 g/mol. The lowest BCUT2D eigenvalue weighted by Gasteiger charge is -2.21. The van der Waals surface area contributed by atoms with E-state index in [0.29, 0.717) is 35.2 Å². The number of thiophene rings is 1. The zero-order valence-electron chi connectivity index (χ0n) is 17.8. The van der Waals surface area contributed by atoms with Gasteiger partial charge in [0, 0.05) is 24.0 Å². The van der Waals surface area contributed by atoms with E-state index in [4.69, 9.17) is 14.2 Å². The van der Waals surface area contributed by atoms with Crippen LogP contribution in [0.2, 0.25) is 0 Å². The summed E-state index contributed by atoms with van der Waals surface area (Å²) in [5.74, 6) is 0.409. The summed E-state index contributed by atoms with van der Waals surface area (Å²) in [6, 6.07) is 7.45. The number of rotatable bonds is 9. The van der Waals surface area contributed by atoms with Crippen LogP contribution in [0.3, 0.4) is 0 Å². The molecule has 0 unspecified atom stereocenters. The Morgan fingerprint density at radius 2 is 1.90 bits per heavy atom. The van der Waals surface area contributed by atoms with Gasteiger partial charge in [-0.2, -0.15) is 11.3 Å². The van der Waals surface area contributed by atoms with E-state index in [1.54, 1.807) is 43.4 Å². The molecule has 0 fully saturated rings. The molecule has 0 radical (unpaired) electrons. The minimum atomic E-state index is -0.535. The average Bonchev–Trinajstić information content (AvgIpc) is 3.45. The van der Waals surface area contributed by atoms with E-state index in [2.05, 4.69) is 4.98 Å². The summed E-state index contributed by atoms with van der Waals surface area (Å²) in [6.07, 6.45) is 0. The third kappa shape index (κ3) is 5.42.